The fourth-order valence-corrected chi connectivity index (χ4v) is 1.93. The number of carboxylic acids is 1. The van der Waals surface area contributed by atoms with Crippen LogP contribution in [0.5, 0.6) is 0 Å². The van der Waals surface area contributed by atoms with Crippen LogP contribution in [-0.2, 0) is 17.3 Å². The predicted octanol–water partition coefficient (Wildman–Crippen LogP) is 1.05. The second-order valence-corrected chi connectivity index (χ2v) is 5.06. The van der Waals surface area contributed by atoms with Crippen LogP contribution in [0.15, 0.2) is 16.9 Å². The molecule has 0 saturated heterocycles. The van der Waals surface area contributed by atoms with Gasteiger partial charge in [-0.05, 0) is 12.1 Å². The highest BCUT2D eigenvalue weighted by Gasteiger charge is 2.27. The number of hydrogen-bond acceptors (Lipinski definition) is 5. The van der Waals surface area contributed by atoms with Gasteiger partial charge in [0.05, 0.1) is 5.39 Å². The molecule has 0 fully saturated rings. The Hall–Kier alpha value is -2.58. The Balaban J connectivity index is 2.81. The Labute approximate surface area is 123 Å². The molecular formula is C13H14F2N4O3. The van der Waals surface area contributed by atoms with Gasteiger partial charge in [0.25, 0.3) is 11.5 Å². The van der Waals surface area contributed by atoms with Crippen LogP contribution < -0.4 is 10.5 Å². The summed E-state index contributed by atoms with van der Waals surface area (Å²) in [6, 6.07) is 2.26. The Morgan fingerprint density at radius 3 is 2.55 bits per heavy atom. The lowest BCUT2D eigenvalue weighted by Crippen LogP contribution is -2.29. The molecule has 0 aliphatic heterocycles. The van der Waals surface area contributed by atoms with Gasteiger partial charge in [-0.25, -0.2) is 9.67 Å². The van der Waals surface area contributed by atoms with Crippen LogP contribution >= 0.6 is 0 Å². The van der Waals surface area contributed by atoms with Gasteiger partial charge in [-0.2, -0.15) is 8.78 Å². The molecule has 0 bridgehead atoms. The van der Waals surface area contributed by atoms with Gasteiger partial charge in [0, 0.05) is 21.0 Å². The van der Waals surface area contributed by atoms with Crippen LogP contribution in [0, 0.1) is 0 Å². The van der Waals surface area contributed by atoms with Crippen molar-refractivity contribution >= 4 is 22.7 Å². The lowest BCUT2D eigenvalue weighted by atomic mass is 10.2. The second kappa shape index (κ2) is 5.32. The molecule has 0 saturated carbocycles. The van der Waals surface area contributed by atoms with Crippen molar-refractivity contribution in [1.82, 2.24) is 14.8 Å². The maximum Gasteiger partial charge on any atom is 0.325 e. The summed E-state index contributed by atoms with van der Waals surface area (Å²) in [6.07, 6.45) is 0. The fraction of sp³-hybridized carbons (Fsp3) is 0.385. The van der Waals surface area contributed by atoms with Crippen molar-refractivity contribution in [3.05, 3.63) is 28.2 Å². The first kappa shape index (κ1) is 15.8. The molecule has 0 radical (unpaired) electrons. The van der Waals surface area contributed by atoms with Gasteiger partial charge in [-0.1, -0.05) is 0 Å². The quantitative estimate of drug-likeness (QED) is 0.908. The molecule has 2 aromatic heterocycles. The maximum atomic E-state index is 13.4. The van der Waals surface area contributed by atoms with E-state index in [1.807, 2.05) is 0 Å². The second-order valence-electron chi connectivity index (χ2n) is 5.06. The Morgan fingerprint density at radius 2 is 2.05 bits per heavy atom. The van der Waals surface area contributed by atoms with E-state index in [4.69, 9.17) is 5.11 Å². The number of carbonyl (C=O) groups is 1. The molecule has 0 unspecified atom stereocenters. The smallest absolute Gasteiger partial charge is 0.325 e. The molecule has 0 atom stereocenters. The van der Waals surface area contributed by atoms with E-state index in [1.54, 1.807) is 14.1 Å². The van der Waals surface area contributed by atoms with Gasteiger partial charge in [0.15, 0.2) is 5.82 Å². The zero-order valence-corrected chi connectivity index (χ0v) is 12.2. The van der Waals surface area contributed by atoms with Crippen LogP contribution in [0.3, 0.4) is 0 Å². The third-order valence-electron chi connectivity index (χ3n) is 2.95. The Morgan fingerprint density at radius 1 is 1.41 bits per heavy atom. The highest BCUT2D eigenvalue weighted by atomic mass is 19.3. The third-order valence-corrected chi connectivity index (χ3v) is 2.95. The van der Waals surface area contributed by atoms with E-state index in [-0.39, 0.29) is 16.7 Å². The number of anilines is 1. The van der Waals surface area contributed by atoms with Gasteiger partial charge < -0.3 is 10.0 Å². The van der Waals surface area contributed by atoms with Crippen LogP contribution in [0.2, 0.25) is 0 Å². The molecule has 0 aromatic carbocycles. The summed E-state index contributed by atoms with van der Waals surface area (Å²) in [6.45, 7) is 0.0802. The monoisotopic (exact) mass is 312 g/mol. The summed E-state index contributed by atoms with van der Waals surface area (Å²) in [4.78, 5) is 28.3. The van der Waals surface area contributed by atoms with Crippen LogP contribution in [-0.4, -0.2) is 39.9 Å². The Bertz CT molecular complexity index is 796. The summed E-state index contributed by atoms with van der Waals surface area (Å²) in [5.41, 5.74) is -1.17. The number of nitrogens with zero attached hydrogens (tertiary/aromatic N) is 4. The molecule has 9 heteroatoms. The third kappa shape index (κ3) is 2.87. The molecule has 0 aliphatic rings. The van der Waals surface area contributed by atoms with Crippen LogP contribution in [0.25, 0.3) is 10.9 Å². The molecule has 0 spiro atoms. The molecular weight excluding hydrogens is 298 g/mol. The number of pyridine rings is 1. The number of aromatic nitrogens is 3. The Kier molecular flexibility index (Phi) is 3.82. The molecule has 0 aliphatic carbocycles. The molecule has 22 heavy (non-hydrogen) atoms. The molecule has 2 heterocycles. The first-order chi connectivity index (χ1) is 10.1. The maximum absolute atomic E-state index is 13.4. The van der Waals surface area contributed by atoms with Gasteiger partial charge in [0.2, 0.25) is 0 Å². The van der Waals surface area contributed by atoms with Gasteiger partial charge >= 0.3 is 5.97 Å². The highest BCUT2D eigenvalue weighted by Crippen LogP contribution is 2.28. The minimum Gasteiger partial charge on any atom is -0.480 e. The number of alkyl halides is 2. The zero-order chi connectivity index (χ0) is 16.7. The SMILES string of the molecule is CN(C)c1nn(CC(=O)O)c(=O)c2ccc(C(C)(F)F)nc12. The molecule has 7 nitrogen and oxygen atoms in total. The van der Waals surface area contributed by atoms with E-state index < -0.39 is 29.7 Å². The van der Waals surface area contributed by atoms with Crippen molar-refractivity contribution in [3.63, 3.8) is 0 Å². The lowest BCUT2D eigenvalue weighted by Gasteiger charge is -2.17. The van der Waals surface area contributed by atoms with Gasteiger partial charge in [0.1, 0.15) is 17.8 Å². The van der Waals surface area contributed by atoms with E-state index in [0.29, 0.717) is 6.92 Å². The van der Waals surface area contributed by atoms with Crippen molar-refractivity contribution in [2.24, 2.45) is 0 Å². The van der Waals surface area contributed by atoms with Crippen LogP contribution in [0.1, 0.15) is 12.6 Å². The molecule has 2 rings (SSSR count). The minimum atomic E-state index is -3.16. The number of carboxylic acid groups (broad SMARTS) is 1. The van der Waals surface area contributed by atoms with Gasteiger partial charge in [-0.15, -0.1) is 5.10 Å². The summed E-state index contributed by atoms with van der Waals surface area (Å²) in [5, 5.41) is 12.8. The predicted molar refractivity (Wildman–Crippen MR) is 75.3 cm³/mol. The van der Waals surface area contributed by atoms with E-state index in [9.17, 15) is 18.4 Å². The summed E-state index contributed by atoms with van der Waals surface area (Å²) < 4.78 is 27.6. The standard InChI is InChI=1S/C13H14F2N4O3/c1-13(14,15)8-5-4-7-10(16-8)11(18(2)3)17-19(12(7)22)6-9(20)21/h4-5H,6H2,1-3H3,(H,20,21). The van der Waals surface area contributed by atoms with Gasteiger partial charge in [-0.3, -0.25) is 9.59 Å². The molecule has 0 amide bonds. The van der Waals surface area contributed by atoms with Crippen molar-refractivity contribution in [3.8, 4) is 0 Å². The average Bonchev–Trinajstić information content (AvgIpc) is 2.39. The number of rotatable bonds is 4. The van der Waals surface area contributed by atoms with Crippen LogP contribution in [0.4, 0.5) is 14.6 Å². The number of fused-ring (bicyclic) bond motifs is 1. The highest BCUT2D eigenvalue weighted by molar-refractivity contribution is 5.87. The molecule has 118 valence electrons. The summed E-state index contributed by atoms with van der Waals surface area (Å²) in [7, 11) is 3.19. The van der Waals surface area contributed by atoms with E-state index in [0.717, 1.165) is 10.7 Å². The lowest BCUT2D eigenvalue weighted by molar-refractivity contribution is -0.137. The van der Waals surface area contributed by atoms with E-state index in [2.05, 4.69) is 10.1 Å². The fourth-order valence-electron chi connectivity index (χ4n) is 1.93. The first-order valence-corrected chi connectivity index (χ1v) is 6.30. The minimum absolute atomic E-state index is 0.00987. The zero-order valence-electron chi connectivity index (χ0n) is 12.2. The molecule has 1 N–H and O–H groups in total. The first-order valence-electron chi connectivity index (χ1n) is 6.30. The van der Waals surface area contributed by atoms with Crippen molar-refractivity contribution < 1.29 is 18.7 Å². The largest absolute Gasteiger partial charge is 0.480 e. The number of halogens is 2. The van der Waals surface area contributed by atoms with Crippen molar-refractivity contribution in [2.75, 3.05) is 19.0 Å². The topological polar surface area (TPSA) is 88.3 Å². The molecule has 2 aromatic rings. The normalized spacial score (nSPS) is 11.7. The summed E-state index contributed by atoms with van der Waals surface area (Å²) in [5.74, 6) is -4.25. The average molecular weight is 312 g/mol. The number of hydrogen-bond donors (Lipinski definition) is 1. The van der Waals surface area contributed by atoms with E-state index >= 15 is 0 Å². The van der Waals surface area contributed by atoms with Crippen molar-refractivity contribution in [2.45, 2.75) is 19.4 Å². The number of aliphatic carboxylic acids is 1. The van der Waals surface area contributed by atoms with E-state index in [1.165, 1.54) is 11.0 Å². The summed E-state index contributed by atoms with van der Waals surface area (Å²) >= 11 is 0. The van der Waals surface area contributed by atoms with Crippen molar-refractivity contribution in [1.29, 1.82) is 0 Å².